The first-order valence-electron chi connectivity index (χ1n) is 5.65. The Labute approximate surface area is 91.7 Å². The highest BCUT2D eigenvalue weighted by Crippen LogP contribution is 2.10. The van der Waals surface area contributed by atoms with E-state index in [1.165, 1.54) is 0 Å². The summed E-state index contributed by atoms with van der Waals surface area (Å²) in [5.41, 5.74) is 1.87. The summed E-state index contributed by atoms with van der Waals surface area (Å²) < 4.78 is 13.4. The third-order valence-corrected chi connectivity index (χ3v) is 2.77. The Morgan fingerprint density at radius 1 is 1.27 bits per heavy atom. The molecule has 0 aliphatic carbocycles. The van der Waals surface area contributed by atoms with E-state index in [4.69, 9.17) is 0 Å². The molecule has 0 amide bonds. The van der Waals surface area contributed by atoms with Crippen molar-refractivity contribution in [2.75, 3.05) is 0 Å². The van der Waals surface area contributed by atoms with Gasteiger partial charge >= 0.3 is 0 Å². The molecule has 0 heterocycles. The minimum Gasteiger partial charge on any atom is -0.310 e. The van der Waals surface area contributed by atoms with Crippen LogP contribution in [0, 0.1) is 12.7 Å². The van der Waals surface area contributed by atoms with Gasteiger partial charge in [0.15, 0.2) is 0 Å². The van der Waals surface area contributed by atoms with E-state index in [0.717, 1.165) is 24.0 Å². The highest BCUT2D eigenvalue weighted by molar-refractivity contribution is 5.23. The molecular formula is C13H20FN. The second-order valence-electron chi connectivity index (χ2n) is 3.99. The van der Waals surface area contributed by atoms with Crippen molar-refractivity contribution in [1.82, 2.24) is 5.32 Å². The smallest absolute Gasteiger partial charge is 0.127 e. The van der Waals surface area contributed by atoms with Gasteiger partial charge in [-0.3, -0.25) is 0 Å². The molecule has 1 aromatic carbocycles. The number of aryl methyl sites for hydroxylation is 1. The Morgan fingerprint density at radius 2 is 1.93 bits per heavy atom. The largest absolute Gasteiger partial charge is 0.310 e. The van der Waals surface area contributed by atoms with Crippen molar-refractivity contribution in [3.8, 4) is 0 Å². The van der Waals surface area contributed by atoms with E-state index in [-0.39, 0.29) is 5.82 Å². The lowest BCUT2D eigenvalue weighted by molar-refractivity contribution is 0.475. The summed E-state index contributed by atoms with van der Waals surface area (Å²) in [6.45, 7) is 6.90. The van der Waals surface area contributed by atoms with Gasteiger partial charge in [-0.25, -0.2) is 4.39 Å². The number of halogens is 1. The second kappa shape index (κ2) is 5.86. The zero-order chi connectivity index (χ0) is 11.3. The van der Waals surface area contributed by atoms with Crippen molar-refractivity contribution < 1.29 is 4.39 Å². The Kier molecular flexibility index (Phi) is 4.76. The van der Waals surface area contributed by atoms with Gasteiger partial charge in [-0.1, -0.05) is 31.5 Å². The molecule has 0 saturated carbocycles. The molecule has 0 aliphatic rings. The van der Waals surface area contributed by atoms with Crippen LogP contribution in [0.4, 0.5) is 4.39 Å². The van der Waals surface area contributed by atoms with Crippen LogP contribution in [0.2, 0.25) is 0 Å². The zero-order valence-corrected chi connectivity index (χ0v) is 9.81. The maximum Gasteiger partial charge on any atom is 0.127 e. The number of benzene rings is 1. The summed E-state index contributed by atoms with van der Waals surface area (Å²) in [5, 5.41) is 3.36. The SMILES string of the molecule is CCC(CC)NCc1cc(C)ccc1F. The average molecular weight is 209 g/mol. The van der Waals surface area contributed by atoms with Crippen molar-refractivity contribution in [3.05, 3.63) is 35.1 Å². The van der Waals surface area contributed by atoms with Crippen LogP contribution >= 0.6 is 0 Å². The minimum absolute atomic E-state index is 0.112. The molecule has 0 bridgehead atoms. The summed E-state index contributed by atoms with van der Waals surface area (Å²) in [7, 11) is 0. The van der Waals surface area contributed by atoms with Gasteiger partial charge in [-0.15, -0.1) is 0 Å². The normalized spacial score (nSPS) is 11.0. The third-order valence-electron chi connectivity index (χ3n) is 2.77. The summed E-state index contributed by atoms with van der Waals surface area (Å²) in [6, 6.07) is 5.74. The van der Waals surface area contributed by atoms with Crippen LogP contribution in [0.25, 0.3) is 0 Å². The molecule has 15 heavy (non-hydrogen) atoms. The molecule has 0 unspecified atom stereocenters. The van der Waals surface area contributed by atoms with Crippen molar-refractivity contribution in [2.24, 2.45) is 0 Å². The fourth-order valence-corrected chi connectivity index (χ4v) is 1.67. The summed E-state index contributed by atoms with van der Waals surface area (Å²) >= 11 is 0. The van der Waals surface area contributed by atoms with Crippen LogP contribution in [-0.2, 0) is 6.54 Å². The first-order valence-corrected chi connectivity index (χ1v) is 5.65. The maximum atomic E-state index is 13.4. The molecule has 1 nitrogen and oxygen atoms in total. The highest BCUT2D eigenvalue weighted by Gasteiger charge is 2.05. The predicted molar refractivity (Wildman–Crippen MR) is 62.3 cm³/mol. The highest BCUT2D eigenvalue weighted by atomic mass is 19.1. The lowest BCUT2D eigenvalue weighted by Crippen LogP contribution is -2.27. The molecule has 0 fully saturated rings. The summed E-state index contributed by atoms with van der Waals surface area (Å²) in [6.07, 6.45) is 2.17. The van der Waals surface area contributed by atoms with Crippen molar-refractivity contribution in [2.45, 2.75) is 46.2 Å². The van der Waals surface area contributed by atoms with Gasteiger partial charge in [0, 0.05) is 18.2 Å². The fourth-order valence-electron chi connectivity index (χ4n) is 1.67. The molecule has 1 aromatic rings. The van der Waals surface area contributed by atoms with Gasteiger partial charge < -0.3 is 5.32 Å². The van der Waals surface area contributed by atoms with E-state index in [9.17, 15) is 4.39 Å². The van der Waals surface area contributed by atoms with E-state index < -0.39 is 0 Å². The number of hydrogen-bond donors (Lipinski definition) is 1. The van der Waals surface area contributed by atoms with Gasteiger partial charge in [0.05, 0.1) is 0 Å². The molecule has 1 rings (SSSR count). The second-order valence-corrected chi connectivity index (χ2v) is 3.99. The fraction of sp³-hybridized carbons (Fsp3) is 0.538. The molecule has 0 atom stereocenters. The van der Waals surface area contributed by atoms with Crippen molar-refractivity contribution >= 4 is 0 Å². The van der Waals surface area contributed by atoms with E-state index >= 15 is 0 Å². The van der Waals surface area contributed by atoms with E-state index in [1.54, 1.807) is 12.1 Å². The van der Waals surface area contributed by atoms with Gasteiger partial charge in [0.2, 0.25) is 0 Å². The van der Waals surface area contributed by atoms with Crippen LogP contribution < -0.4 is 5.32 Å². The monoisotopic (exact) mass is 209 g/mol. The standard InChI is InChI=1S/C13H20FN/c1-4-12(5-2)15-9-11-8-10(3)6-7-13(11)14/h6-8,12,15H,4-5,9H2,1-3H3. The quantitative estimate of drug-likeness (QED) is 0.783. The van der Waals surface area contributed by atoms with Gasteiger partial charge in [-0.2, -0.15) is 0 Å². The number of nitrogens with one attached hydrogen (secondary N) is 1. The van der Waals surface area contributed by atoms with E-state index in [1.807, 2.05) is 13.0 Å². The van der Waals surface area contributed by atoms with Gasteiger partial charge in [-0.05, 0) is 25.8 Å². The average Bonchev–Trinajstić information content (AvgIpc) is 2.24. The van der Waals surface area contributed by atoms with Gasteiger partial charge in [0.25, 0.3) is 0 Å². The Bertz CT molecular complexity index is 305. The van der Waals surface area contributed by atoms with Crippen LogP contribution in [0.15, 0.2) is 18.2 Å². The molecule has 2 heteroatoms. The van der Waals surface area contributed by atoms with E-state index in [2.05, 4.69) is 19.2 Å². The first-order chi connectivity index (χ1) is 7.17. The van der Waals surface area contributed by atoms with Crippen molar-refractivity contribution in [1.29, 1.82) is 0 Å². The summed E-state index contributed by atoms with van der Waals surface area (Å²) in [5.74, 6) is -0.112. The first kappa shape index (κ1) is 12.2. The minimum atomic E-state index is -0.112. The molecule has 84 valence electrons. The number of rotatable bonds is 5. The Hall–Kier alpha value is -0.890. The maximum absolute atomic E-state index is 13.4. The lowest BCUT2D eigenvalue weighted by atomic mass is 10.1. The van der Waals surface area contributed by atoms with Crippen molar-refractivity contribution in [3.63, 3.8) is 0 Å². The molecule has 0 spiro atoms. The zero-order valence-electron chi connectivity index (χ0n) is 9.81. The van der Waals surface area contributed by atoms with Gasteiger partial charge in [0.1, 0.15) is 5.82 Å². The Balaban J connectivity index is 2.60. The molecule has 0 saturated heterocycles. The third kappa shape index (κ3) is 3.63. The van der Waals surface area contributed by atoms with Crippen LogP contribution in [0.3, 0.4) is 0 Å². The van der Waals surface area contributed by atoms with Crippen LogP contribution in [-0.4, -0.2) is 6.04 Å². The van der Waals surface area contributed by atoms with Crippen LogP contribution in [0.1, 0.15) is 37.8 Å². The molecule has 0 aliphatic heterocycles. The van der Waals surface area contributed by atoms with Crippen LogP contribution in [0.5, 0.6) is 0 Å². The molecular weight excluding hydrogens is 189 g/mol. The molecule has 0 radical (unpaired) electrons. The summed E-state index contributed by atoms with van der Waals surface area (Å²) in [4.78, 5) is 0. The topological polar surface area (TPSA) is 12.0 Å². The molecule has 0 aromatic heterocycles. The Morgan fingerprint density at radius 3 is 2.53 bits per heavy atom. The lowest BCUT2D eigenvalue weighted by Gasteiger charge is -2.15. The van der Waals surface area contributed by atoms with E-state index in [0.29, 0.717) is 12.6 Å². The predicted octanol–water partition coefficient (Wildman–Crippen LogP) is 3.41. The molecule has 1 N–H and O–H groups in total. The number of hydrogen-bond acceptors (Lipinski definition) is 1.